The molecule has 0 aromatic heterocycles. The minimum atomic E-state index is -2.86. The van der Waals surface area contributed by atoms with Gasteiger partial charge in [-0.1, -0.05) is 80.4 Å². The van der Waals surface area contributed by atoms with Crippen LogP contribution in [-0.4, -0.2) is 5.92 Å². The van der Waals surface area contributed by atoms with Gasteiger partial charge in [0.2, 0.25) is 0 Å². The number of anilines is 3. The Hall–Kier alpha value is -3.02. The highest BCUT2D eigenvalue weighted by molar-refractivity contribution is 9.10. The number of hydrogen-bond donors (Lipinski definition) is 0. The maximum absolute atomic E-state index is 15.6. The third-order valence-corrected chi connectivity index (χ3v) is 9.62. The van der Waals surface area contributed by atoms with E-state index in [1.165, 1.54) is 0 Å². The predicted octanol–water partition coefficient (Wildman–Crippen LogP) is 11.7. The fraction of sp³-hybridized carbons (Fsp3) is 0.200. The van der Waals surface area contributed by atoms with Crippen LogP contribution in [0.25, 0.3) is 21.9 Å². The highest BCUT2D eigenvalue weighted by Gasteiger charge is 2.65. The van der Waals surface area contributed by atoms with Crippen LogP contribution in [0.15, 0.2) is 112 Å². The van der Waals surface area contributed by atoms with Crippen molar-refractivity contribution >= 4 is 59.7 Å². The molecule has 0 bridgehead atoms. The first-order chi connectivity index (χ1) is 18.9. The molecule has 40 heavy (non-hydrogen) atoms. The maximum atomic E-state index is 15.6. The molecule has 0 radical (unpaired) electrons. The Balaban J connectivity index is 1.55. The third kappa shape index (κ3) is 4.04. The Kier molecular flexibility index (Phi) is 6.47. The highest BCUT2D eigenvalue weighted by atomic mass is 79.9. The van der Waals surface area contributed by atoms with Crippen LogP contribution < -0.4 is 4.90 Å². The Morgan fingerprint density at radius 3 is 1.68 bits per heavy atom. The molecule has 0 fully saturated rings. The molecule has 1 nitrogen and oxygen atoms in total. The fourth-order valence-corrected chi connectivity index (χ4v) is 6.76. The van der Waals surface area contributed by atoms with Gasteiger partial charge in [-0.05, 0) is 110 Å². The zero-order chi connectivity index (χ0) is 28.4. The first-order valence-corrected chi connectivity index (χ1v) is 14.9. The van der Waals surface area contributed by atoms with Gasteiger partial charge in [0.25, 0.3) is 5.92 Å². The predicted molar refractivity (Wildman–Crippen MR) is 170 cm³/mol. The molecule has 0 saturated carbocycles. The molecular weight excluding hydrogens is 632 g/mol. The zero-order valence-corrected chi connectivity index (χ0v) is 25.9. The molecule has 0 aliphatic heterocycles. The largest absolute Gasteiger partial charge is 0.310 e. The van der Waals surface area contributed by atoms with E-state index < -0.39 is 16.8 Å². The second-order valence-corrected chi connectivity index (χ2v) is 13.4. The number of rotatable bonds is 4. The topological polar surface area (TPSA) is 3.24 Å². The Morgan fingerprint density at radius 1 is 0.575 bits per heavy atom. The van der Waals surface area contributed by atoms with Crippen molar-refractivity contribution in [3.8, 4) is 11.1 Å². The monoisotopic (exact) mass is 659 g/mol. The summed E-state index contributed by atoms with van der Waals surface area (Å²) in [6.07, 6.45) is 0. The SMILES string of the molecule is CC1(C)c2ccc(-c3ccc(N(c4ccc(Br)cc4)c4ccc(Br)cc4)c4ccccc34)cc2C(C)(C)C1(F)F. The van der Waals surface area contributed by atoms with Crippen molar-refractivity contribution in [1.29, 1.82) is 0 Å². The average Bonchev–Trinajstić information content (AvgIpc) is 3.04. The molecule has 202 valence electrons. The quantitative estimate of drug-likeness (QED) is 0.185. The number of nitrogens with zero attached hydrogens (tertiary/aromatic N) is 1. The van der Waals surface area contributed by atoms with Gasteiger partial charge in [-0.2, -0.15) is 0 Å². The fourth-order valence-electron chi connectivity index (χ4n) is 6.23. The van der Waals surface area contributed by atoms with Gasteiger partial charge in [0.15, 0.2) is 0 Å². The summed E-state index contributed by atoms with van der Waals surface area (Å²) in [5.41, 5.74) is 4.03. The molecular formula is C35H29Br2F2N. The summed E-state index contributed by atoms with van der Waals surface area (Å²) in [7, 11) is 0. The van der Waals surface area contributed by atoms with Gasteiger partial charge in [0.1, 0.15) is 0 Å². The molecule has 0 heterocycles. The Bertz CT molecular complexity index is 1690. The summed E-state index contributed by atoms with van der Waals surface area (Å²) >= 11 is 7.13. The summed E-state index contributed by atoms with van der Waals surface area (Å²) in [6, 6.07) is 35.0. The van der Waals surface area contributed by atoms with Crippen LogP contribution in [0.5, 0.6) is 0 Å². The van der Waals surface area contributed by atoms with Crippen LogP contribution in [-0.2, 0) is 10.8 Å². The van der Waals surface area contributed by atoms with E-state index >= 15 is 8.78 Å². The lowest BCUT2D eigenvalue weighted by atomic mass is 9.77. The molecule has 0 saturated heterocycles. The van der Waals surface area contributed by atoms with E-state index in [0.29, 0.717) is 0 Å². The molecule has 1 aliphatic carbocycles. The molecule has 0 N–H and O–H groups in total. The Labute approximate surface area is 251 Å². The van der Waals surface area contributed by atoms with E-state index in [1.807, 2.05) is 54.6 Å². The van der Waals surface area contributed by atoms with Gasteiger partial charge in [0.05, 0.1) is 16.5 Å². The van der Waals surface area contributed by atoms with Crippen LogP contribution in [0, 0.1) is 0 Å². The number of hydrogen-bond acceptors (Lipinski definition) is 1. The summed E-state index contributed by atoms with van der Waals surface area (Å²) in [6.45, 7) is 6.65. The Morgan fingerprint density at radius 2 is 1.10 bits per heavy atom. The maximum Gasteiger partial charge on any atom is 0.266 e. The van der Waals surface area contributed by atoms with Crippen LogP contribution >= 0.6 is 31.9 Å². The first kappa shape index (κ1) is 27.2. The van der Waals surface area contributed by atoms with Gasteiger partial charge in [-0.25, -0.2) is 8.78 Å². The third-order valence-electron chi connectivity index (χ3n) is 8.56. The van der Waals surface area contributed by atoms with Crippen molar-refractivity contribution in [2.24, 2.45) is 0 Å². The van der Waals surface area contributed by atoms with Crippen molar-refractivity contribution in [1.82, 2.24) is 0 Å². The normalized spacial score (nSPS) is 16.6. The lowest BCUT2D eigenvalue weighted by Crippen LogP contribution is -2.46. The van der Waals surface area contributed by atoms with Gasteiger partial charge < -0.3 is 4.90 Å². The molecule has 0 unspecified atom stereocenters. The lowest BCUT2D eigenvalue weighted by molar-refractivity contribution is -0.105. The van der Waals surface area contributed by atoms with Crippen LogP contribution in [0.3, 0.4) is 0 Å². The summed E-state index contributed by atoms with van der Waals surface area (Å²) in [5, 5.41) is 2.15. The van der Waals surface area contributed by atoms with E-state index in [2.05, 4.69) is 85.3 Å². The van der Waals surface area contributed by atoms with Gasteiger partial charge in [-0.3, -0.25) is 0 Å². The van der Waals surface area contributed by atoms with Crippen LogP contribution in [0.4, 0.5) is 25.8 Å². The van der Waals surface area contributed by atoms with E-state index in [9.17, 15) is 0 Å². The number of benzene rings is 5. The van der Waals surface area contributed by atoms with Crippen molar-refractivity contribution in [3.05, 3.63) is 123 Å². The van der Waals surface area contributed by atoms with Crippen LogP contribution in [0.2, 0.25) is 0 Å². The molecule has 5 heteroatoms. The van der Waals surface area contributed by atoms with Gasteiger partial charge >= 0.3 is 0 Å². The lowest BCUT2D eigenvalue weighted by Gasteiger charge is -2.35. The van der Waals surface area contributed by atoms with Crippen molar-refractivity contribution in [2.75, 3.05) is 4.90 Å². The van der Waals surface area contributed by atoms with E-state index in [4.69, 9.17) is 0 Å². The van der Waals surface area contributed by atoms with Gasteiger partial charge in [0, 0.05) is 25.7 Å². The summed E-state index contributed by atoms with van der Waals surface area (Å²) in [5.74, 6) is -2.86. The second-order valence-electron chi connectivity index (χ2n) is 11.6. The molecule has 1 aliphatic rings. The molecule has 5 aromatic rings. The smallest absolute Gasteiger partial charge is 0.266 e. The van der Waals surface area contributed by atoms with E-state index in [0.717, 1.165) is 59.0 Å². The molecule has 5 aromatic carbocycles. The van der Waals surface area contributed by atoms with Crippen LogP contribution in [0.1, 0.15) is 38.8 Å². The molecule has 0 spiro atoms. The van der Waals surface area contributed by atoms with Crippen molar-refractivity contribution in [3.63, 3.8) is 0 Å². The standard InChI is InChI=1S/C35H29Br2F2N/c1-33(2)30-19-9-22(21-31(30)34(3,4)35(33,38)39)27-18-20-32(29-8-6-5-7-28(27)29)40(25-14-10-23(36)11-15-25)26-16-12-24(37)13-17-26/h5-21H,1-4H3. The number of fused-ring (bicyclic) bond motifs is 2. The molecule has 0 atom stereocenters. The summed E-state index contributed by atoms with van der Waals surface area (Å²) < 4.78 is 33.2. The molecule has 0 amide bonds. The minimum Gasteiger partial charge on any atom is -0.310 e. The van der Waals surface area contributed by atoms with E-state index in [1.54, 1.807) is 27.7 Å². The number of halogens is 4. The molecule has 6 rings (SSSR count). The first-order valence-electron chi connectivity index (χ1n) is 13.3. The summed E-state index contributed by atoms with van der Waals surface area (Å²) in [4.78, 5) is 2.25. The zero-order valence-electron chi connectivity index (χ0n) is 22.8. The number of alkyl halides is 2. The van der Waals surface area contributed by atoms with E-state index in [-0.39, 0.29) is 0 Å². The van der Waals surface area contributed by atoms with Gasteiger partial charge in [-0.15, -0.1) is 0 Å². The average molecular weight is 661 g/mol. The van der Waals surface area contributed by atoms with Crippen molar-refractivity contribution in [2.45, 2.75) is 44.4 Å². The minimum absolute atomic E-state index is 0.722. The second kappa shape index (κ2) is 9.53. The van der Waals surface area contributed by atoms with Crippen molar-refractivity contribution < 1.29 is 8.78 Å². The highest BCUT2D eigenvalue weighted by Crippen LogP contribution is 2.60.